The summed E-state index contributed by atoms with van der Waals surface area (Å²) in [5.41, 5.74) is 2.48. The number of hydrogen-bond donors (Lipinski definition) is 0. The molecule has 0 saturated heterocycles. The highest BCUT2D eigenvalue weighted by Crippen LogP contribution is 2.82. The smallest absolute Gasteiger partial charge is 0.192 e. The summed E-state index contributed by atoms with van der Waals surface area (Å²) in [5.74, 6) is 4.29. The Bertz CT molecular complexity index is 664. The molecule has 6 aliphatic carbocycles. The minimum atomic E-state index is -1.77. The third-order valence-electron chi connectivity index (χ3n) is 8.90. The Morgan fingerprint density at radius 1 is 1.17 bits per heavy atom. The molecular weight excluding hydrogens is 308 g/mol. The Kier molecular flexibility index (Phi) is 2.74. The van der Waals surface area contributed by atoms with Gasteiger partial charge in [-0.1, -0.05) is 58.4 Å². The van der Waals surface area contributed by atoms with E-state index in [0.29, 0.717) is 22.5 Å². The maximum absolute atomic E-state index is 7.29. The van der Waals surface area contributed by atoms with Crippen LogP contribution in [-0.2, 0) is 4.43 Å². The van der Waals surface area contributed by atoms with E-state index in [1.807, 2.05) is 0 Å². The predicted molar refractivity (Wildman–Crippen MR) is 102 cm³/mol. The molecule has 2 heteroatoms. The lowest BCUT2D eigenvalue weighted by molar-refractivity contribution is -0.0236. The van der Waals surface area contributed by atoms with E-state index in [2.05, 4.69) is 65.9 Å². The van der Waals surface area contributed by atoms with Gasteiger partial charge in [0.25, 0.3) is 0 Å². The van der Waals surface area contributed by atoms with Gasteiger partial charge in [-0.3, -0.25) is 0 Å². The van der Waals surface area contributed by atoms with Crippen LogP contribution in [0.15, 0.2) is 23.8 Å². The van der Waals surface area contributed by atoms with E-state index in [1.54, 1.807) is 5.57 Å². The first-order valence-corrected chi connectivity index (χ1v) is 13.0. The largest absolute Gasteiger partial charge is 0.412 e. The van der Waals surface area contributed by atoms with Crippen molar-refractivity contribution in [2.24, 2.45) is 40.4 Å². The van der Waals surface area contributed by atoms with Crippen molar-refractivity contribution in [3.63, 3.8) is 0 Å². The quantitative estimate of drug-likeness (QED) is 0.455. The second kappa shape index (κ2) is 4.14. The maximum atomic E-state index is 7.29. The second-order valence-electron chi connectivity index (χ2n) is 11.6. The first kappa shape index (κ1) is 15.9. The maximum Gasteiger partial charge on any atom is 0.192 e. The Balaban J connectivity index is 1.61. The standard InChI is InChI=1S/C22H34OSi/c1-20(2,3)24(6,7)23-19-21(4,5)12-14-10-13-8-9-15-16-11-17(13)22(14,19)18(15)16/h8-10,13,15-19H,11-12H2,1-7H3/t13-,15-,16+,17-,18+,19?,22-/m0/s1. The Morgan fingerprint density at radius 2 is 1.88 bits per heavy atom. The fourth-order valence-corrected chi connectivity index (χ4v) is 8.41. The van der Waals surface area contributed by atoms with Gasteiger partial charge in [-0.25, -0.2) is 0 Å². The normalized spacial score (nSPS) is 49.9. The summed E-state index contributed by atoms with van der Waals surface area (Å²) >= 11 is 0. The van der Waals surface area contributed by atoms with Gasteiger partial charge in [-0.05, 0) is 66.0 Å². The second-order valence-corrected chi connectivity index (χ2v) is 16.4. The van der Waals surface area contributed by atoms with Gasteiger partial charge in [-0.15, -0.1) is 0 Å². The Hall–Kier alpha value is -0.343. The Morgan fingerprint density at radius 3 is 2.54 bits per heavy atom. The molecule has 0 amide bonds. The first-order valence-electron chi connectivity index (χ1n) is 10.1. The predicted octanol–water partition coefficient (Wildman–Crippen LogP) is 5.80. The topological polar surface area (TPSA) is 9.23 Å². The average Bonchev–Trinajstić information content (AvgIpc) is 2.89. The minimum Gasteiger partial charge on any atom is -0.412 e. The van der Waals surface area contributed by atoms with Gasteiger partial charge in [-0.2, -0.15) is 0 Å². The molecule has 132 valence electrons. The number of rotatable bonds is 2. The van der Waals surface area contributed by atoms with Crippen LogP contribution in [0, 0.1) is 40.4 Å². The molecule has 0 aromatic carbocycles. The third-order valence-corrected chi connectivity index (χ3v) is 13.3. The summed E-state index contributed by atoms with van der Waals surface area (Å²) in [4.78, 5) is 0. The van der Waals surface area contributed by atoms with Crippen molar-refractivity contribution in [3.8, 4) is 0 Å². The van der Waals surface area contributed by atoms with Crippen LogP contribution in [-0.4, -0.2) is 14.4 Å². The van der Waals surface area contributed by atoms with Gasteiger partial charge in [0.1, 0.15) is 0 Å². The van der Waals surface area contributed by atoms with Crippen LogP contribution in [0.1, 0.15) is 47.5 Å². The highest BCUT2D eigenvalue weighted by molar-refractivity contribution is 6.74. The molecule has 7 atom stereocenters. The lowest BCUT2D eigenvalue weighted by Gasteiger charge is -2.49. The van der Waals surface area contributed by atoms with E-state index in [4.69, 9.17) is 4.43 Å². The zero-order chi connectivity index (χ0) is 17.3. The van der Waals surface area contributed by atoms with E-state index in [0.717, 1.165) is 23.7 Å². The fraction of sp³-hybridized carbons (Fsp3) is 0.818. The molecule has 0 heterocycles. The lowest BCUT2D eigenvalue weighted by atomic mass is 9.67. The molecule has 0 aliphatic heterocycles. The summed E-state index contributed by atoms with van der Waals surface area (Å²) in [6, 6.07) is 0. The van der Waals surface area contributed by atoms with Crippen LogP contribution in [0.4, 0.5) is 0 Å². The van der Waals surface area contributed by atoms with E-state index in [-0.39, 0.29) is 5.41 Å². The summed E-state index contributed by atoms with van der Waals surface area (Å²) in [6.45, 7) is 17.1. The summed E-state index contributed by atoms with van der Waals surface area (Å²) in [6.07, 6.45) is 11.0. The monoisotopic (exact) mass is 342 g/mol. The molecule has 0 aromatic heterocycles. The van der Waals surface area contributed by atoms with Crippen molar-refractivity contribution in [1.82, 2.24) is 0 Å². The van der Waals surface area contributed by atoms with Crippen molar-refractivity contribution in [3.05, 3.63) is 23.8 Å². The van der Waals surface area contributed by atoms with Gasteiger partial charge in [0.05, 0.1) is 6.10 Å². The molecule has 6 rings (SSSR count). The summed E-state index contributed by atoms with van der Waals surface area (Å²) in [5, 5.41) is 0.291. The molecule has 0 aromatic rings. The molecule has 1 unspecified atom stereocenters. The van der Waals surface area contributed by atoms with Gasteiger partial charge in [0.15, 0.2) is 8.32 Å². The first-order chi connectivity index (χ1) is 11.0. The van der Waals surface area contributed by atoms with E-state index >= 15 is 0 Å². The molecule has 3 saturated carbocycles. The van der Waals surface area contributed by atoms with E-state index in [1.165, 1.54) is 12.8 Å². The molecule has 0 radical (unpaired) electrons. The van der Waals surface area contributed by atoms with Crippen LogP contribution >= 0.6 is 0 Å². The molecule has 6 bridgehead atoms. The molecule has 1 nitrogen and oxygen atoms in total. The van der Waals surface area contributed by atoms with Crippen LogP contribution < -0.4 is 0 Å². The molecule has 3 fully saturated rings. The van der Waals surface area contributed by atoms with Crippen molar-refractivity contribution in [2.75, 3.05) is 0 Å². The zero-order valence-electron chi connectivity index (χ0n) is 16.5. The average molecular weight is 343 g/mol. The SMILES string of the molecule is CC1(C)CC2=C[C@@H]3C=C[C@H]4[C@H]5C[C@@H]3[C@]2(C1O[Si](C)(C)C(C)(C)C)[C@H]45. The molecule has 0 N–H and O–H groups in total. The number of hydrogen-bond acceptors (Lipinski definition) is 1. The summed E-state index contributed by atoms with van der Waals surface area (Å²) < 4.78 is 7.29. The van der Waals surface area contributed by atoms with Crippen molar-refractivity contribution < 1.29 is 4.43 Å². The highest BCUT2D eigenvalue weighted by atomic mass is 28.4. The molecule has 1 spiro atoms. The van der Waals surface area contributed by atoms with E-state index < -0.39 is 8.32 Å². The van der Waals surface area contributed by atoms with Gasteiger partial charge in [0.2, 0.25) is 0 Å². The molecular formula is C22H34OSi. The van der Waals surface area contributed by atoms with Crippen molar-refractivity contribution in [1.29, 1.82) is 0 Å². The van der Waals surface area contributed by atoms with Gasteiger partial charge >= 0.3 is 0 Å². The molecule has 6 aliphatic rings. The van der Waals surface area contributed by atoms with E-state index in [9.17, 15) is 0 Å². The Labute approximate surface area is 149 Å². The van der Waals surface area contributed by atoms with Crippen LogP contribution in [0.25, 0.3) is 0 Å². The van der Waals surface area contributed by atoms with Gasteiger partial charge in [0, 0.05) is 5.41 Å². The number of allylic oxidation sites excluding steroid dienone is 3. The van der Waals surface area contributed by atoms with Crippen LogP contribution in [0.3, 0.4) is 0 Å². The minimum absolute atomic E-state index is 0.289. The zero-order valence-corrected chi connectivity index (χ0v) is 17.5. The van der Waals surface area contributed by atoms with Gasteiger partial charge < -0.3 is 4.43 Å². The third kappa shape index (κ3) is 1.61. The van der Waals surface area contributed by atoms with Crippen LogP contribution in [0.2, 0.25) is 18.1 Å². The van der Waals surface area contributed by atoms with Crippen LogP contribution in [0.5, 0.6) is 0 Å². The molecule has 24 heavy (non-hydrogen) atoms. The summed E-state index contributed by atoms with van der Waals surface area (Å²) in [7, 11) is -1.77. The van der Waals surface area contributed by atoms with Crippen molar-refractivity contribution in [2.45, 2.75) is 71.7 Å². The lowest BCUT2D eigenvalue weighted by Crippen LogP contribution is -2.53. The van der Waals surface area contributed by atoms with Crippen molar-refractivity contribution >= 4 is 8.32 Å². The highest BCUT2D eigenvalue weighted by Gasteiger charge is 2.79. The fourth-order valence-electron chi connectivity index (χ4n) is 6.95.